The maximum Gasteiger partial charge on any atom is 0.460 e. The number of rotatable bonds is 9. The van der Waals surface area contributed by atoms with E-state index in [1.54, 1.807) is 0 Å². The van der Waals surface area contributed by atoms with E-state index in [9.17, 15) is 62.8 Å². The Labute approximate surface area is 166 Å². The summed E-state index contributed by atoms with van der Waals surface area (Å²) >= 11 is 0. The second-order valence-corrected chi connectivity index (χ2v) is 7.73. The van der Waals surface area contributed by atoms with Crippen molar-refractivity contribution in [2.45, 2.75) is 29.8 Å². The van der Waals surface area contributed by atoms with Crippen LogP contribution in [0, 0.1) is 10.1 Å². The minimum Gasteiger partial charge on any atom is -0.480 e. The molecule has 0 radical (unpaired) electrons. The number of nitrogens with zero attached hydrogens (tertiary/aromatic N) is 2. The lowest BCUT2D eigenvalue weighted by Crippen LogP contribution is -2.65. The van der Waals surface area contributed by atoms with Gasteiger partial charge in [-0.25, -0.2) is 8.42 Å². The standard InChI is InChI=1S/C13H9F9N2O6S/c14-10(15,12(18,19)20)11(16,17)13(21,22)31(29,30)23(6-9(25)26)5-7-1-3-8(4-2-7)24(27)28/h1-4H,5-6H2,(H,25,26). The van der Waals surface area contributed by atoms with E-state index in [0.717, 1.165) is 0 Å². The lowest BCUT2D eigenvalue weighted by atomic mass is 10.1. The average Bonchev–Trinajstić information content (AvgIpc) is 2.59. The third-order valence-corrected chi connectivity index (χ3v) is 5.44. The Morgan fingerprint density at radius 3 is 1.77 bits per heavy atom. The van der Waals surface area contributed by atoms with Crippen LogP contribution in [-0.2, 0) is 21.4 Å². The number of carboxylic acid groups (broad SMARTS) is 1. The third kappa shape index (κ3) is 4.68. The highest BCUT2D eigenvalue weighted by Crippen LogP contribution is 2.55. The highest BCUT2D eigenvalue weighted by molar-refractivity contribution is 7.90. The molecule has 1 N–H and O–H groups in total. The summed E-state index contributed by atoms with van der Waals surface area (Å²) in [6, 6.07) is 2.71. The number of sulfonamides is 1. The molecular formula is C13H9F9N2O6S. The van der Waals surface area contributed by atoms with Gasteiger partial charge in [-0.05, 0) is 5.56 Å². The van der Waals surface area contributed by atoms with Gasteiger partial charge in [-0.2, -0.15) is 43.8 Å². The number of nitro groups is 1. The Morgan fingerprint density at radius 1 is 0.968 bits per heavy atom. The highest BCUT2D eigenvalue weighted by atomic mass is 32.2. The number of hydrogen-bond donors (Lipinski definition) is 1. The molecule has 176 valence electrons. The molecule has 0 aliphatic carbocycles. The molecule has 0 aromatic heterocycles. The molecule has 0 atom stereocenters. The molecule has 1 aromatic rings. The molecule has 0 bridgehead atoms. The summed E-state index contributed by atoms with van der Waals surface area (Å²) in [7, 11) is -7.17. The monoisotopic (exact) mass is 492 g/mol. The molecule has 0 amide bonds. The number of aliphatic carboxylic acids is 1. The summed E-state index contributed by atoms with van der Waals surface area (Å²) in [5.74, 6) is -17.3. The minimum atomic E-state index is -7.54. The number of non-ortho nitro benzene ring substituents is 1. The van der Waals surface area contributed by atoms with Crippen LogP contribution >= 0.6 is 0 Å². The van der Waals surface area contributed by atoms with Crippen LogP contribution < -0.4 is 0 Å². The maximum atomic E-state index is 13.9. The van der Waals surface area contributed by atoms with Gasteiger partial charge in [-0.1, -0.05) is 12.1 Å². The largest absolute Gasteiger partial charge is 0.480 e. The number of carbonyl (C=O) groups is 1. The highest BCUT2D eigenvalue weighted by Gasteiger charge is 2.85. The molecule has 1 rings (SSSR count). The Balaban J connectivity index is 3.49. The molecule has 0 spiro atoms. The summed E-state index contributed by atoms with van der Waals surface area (Å²) in [4.78, 5) is 20.3. The van der Waals surface area contributed by atoms with E-state index in [2.05, 4.69) is 0 Å². The van der Waals surface area contributed by atoms with Crippen molar-refractivity contribution in [1.82, 2.24) is 4.31 Å². The van der Waals surface area contributed by atoms with Crippen molar-refractivity contribution in [3.8, 4) is 0 Å². The van der Waals surface area contributed by atoms with Crippen molar-refractivity contribution in [1.29, 1.82) is 0 Å². The van der Waals surface area contributed by atoms with Crippen molar-refractivity contribution in [3.63, 3.8) is 0 Å². The van der Waals surface area contributed by atoms with Gasteiger partial charge in [-0.15, -0.1) is 0 Å². The first-order valence-corrected chi connectivity index (χ1v) is 8.79. The zero-order chi connectivity index (χ0) is 24.6. The van der Waals surface area contributed by atoms with Gasteiger partial charge in [0.05, 0.1) is 4.92 Å². The fourth-order valence-corrected chi connectivity index (χ4v) is 3.36. The Morgan fingerprint density at radius 2 is 1.42 bits per heavy atom. The van der Waals surface area contributed by atoms with E-state index in [-0.39, 0.29) is 0 Å². The summed E-state index contributed by atoms with van der Waals surface area (Å²) in [5.41, 5.74) is -1.13. The van der Waals surface area contributed by atoms with Crippen molar-refractivity contribution in [2.24, 2.45) is 0 Å². The molecule has 8 nitrogen and oxygen atoms in total. The third-order valence-electron chi connectivity index (χ3n) is 3.60. The fourth-order valence-electron chi connectivity index (χ4n) is 1.99. The molecular weight excluding hydrogens is 483 g/mol. The molecule has 1 aromatic carbocycles. The molecule has 0 saturated carbocycles. The predicted molar refractivity (Wildman–Crippen MR) is 81.0 cm³/mol. The van der Waals surface area contributed by atoms with Crippen LogP contribution in [-0.4, -0.2) is 58.5 Å². The molecule has 0 unspecified atom stereocenters. The van der Waals surface area contributed by atoms with Crippen LogP contribution in [0.3, 0.4) is 0 Å². The van der Waals surface area contributed by atoms with Crippen LogP contribution in [0.1, 0.15) is 5.56 Å². The van der Waals surface area contributed by atoms with Gasteiger partial charge in [0, 0.05) is 18.7 Å². The van der Waals surface area contributed by atoms with Crippen molar-refractivity contribution < 1.29 is 62.8 Å². The number of alkyl halides is 9. The zero-order valence-corrected chi connectivity index (χ0v) is 15.2. The van der Waals surface area contributed by atoms with E-state index in [0.29, 0.717) is 24.3 Å². The Hall–Kier alpha value is -2.63. The van der Waals surface area contributed by atoms with Gasteiger partial charge in [0.1, 0.15) is 6.54 Å². The van der Waals surface area contributed by atoms with Crippen molar-refractivity contribution in [3.05, 3.63) is 39.9 Å². The van der Waals surface area contributed by atoms with Crippen LogP contribution in [0.15, 0.2) is 24.3 Å². The van der Waals surface area contributed by atoms with Gasteiger partial charge in [0.25, 0.3) is 15.7 Å². The fraction of sp³-hybridized carbons (Fsp3) is 0.462. The molecule has 0 aliphatic rings. The van der Waals surface area contributed by atoms with E-state index < -0.39 is 72.8 Å². The first-order valence-electron chi connectivity index (χ1n) is 7.35. The van der Waals surface area contributed by atoms with E-state index in [1.165, 1.54) is 0 Å². The number of carboxylic acids is 1. The molecule has 31 heavy (non-hydrogen) atoms. The molecule has 18 heteroatoms. The van der Waals surface area contributed by atoms with Crippen LogP contribution in [0.2, 0.25) is 0 Å². The van der Waals surface area contributed by atoms with Crippen LogP contribution in [0.5, 0.6) is 0 Å². The second kappa shape index (κ2) is 8.13. The average molecular weight is 492 g/mol. The van der Waals surface area contributed by atoms with E-state index >= 15 is 0 Å². The van der Waals surface area contributed by atoms with Crippen molar-refractivity contribution in [2.75, 3.05) is 6.54 Å². The van der Waals surface area contributed by atoms with E-state index in [4.69, 9.17) is 5.11 Å². The molecule has 0 fully saturated rings. The lowest BCUT2D eigenvalue weighted by molar-refractivity contribution is -0.384. The maximum absolute atomic E-state index is 13.9. The zero-order valence-electron chi connectivity index (χ0n) is 14.4. The summed E-state index contributed by atoms with van der Waals surface area (Å²) in [6.07, 6.45) is -7.29. The van der Waals surface area contributed by atoms with Gasteiger partial charge >= 0.3 is 29.2 Å². The van der Waals surface area contributed by atoms with Gasteiger partial charge in [-0.3, -0.25) is 14.9 Å². The predicted octanol–water partition coefficient (Wildman–Crippen LogP) is 3.24. The normalized spacial score (nSPS) is 14.0. The number of hydrogen-bond acceptors (Lipinski definition) is 5. The second-order valence-electron chi connectivity index (χ2n) is 5.75. The van der Waals surface area contributed by atoms with Crippen LogP contribution in [0.25, 0.3) is 0 Å². The quantitative estimate of drug-likeness (QED) is 0.321. The van der Waals surface area contributed by atoms with Gasteiger partial charge in [0.15, 0.2) is 0 Å². The smallest absolute Gasteiger partial charge is 0.460 e. The summed E-state index contributed by atoms with van der Waals surface area (Å²) in [6.45, 7) is -3.57. The SMILES string of the molecule is O=C(O)CN(Cc1ccc([N+](=O)[O-])cc1)S(=O)(=O)C(F)(F)C(F)(F)C(F)(F)C(F)(F)F. The first kappa shape index (κ1) is 26.4. The Kier molecular flexibility index (Phi) is 6.93. The van der Waals surface area contributed by atoms with Gasteiger partial charge < -0.3 is 5.11 Å². The van der Waals surface area contributed by atoms with Gasteiger partial charge in [0.2, 0.25) is 0 Å². The number of nitro benzene ring substituents is 1. The molecule has 0 heterocycles. The number of halogens is 9. The topological polar surface area (TPSA) is 118 Å². The van der Waals surface area contributed by atoms with Crippen molar-refractivity contribution >= 4 is 21.7 Å². The summed E-state index contributed by atoms with van der Waals surface area (Å²) < 4.78 is 140. The van der Waals surface area contributed by atoms with Crippen LogP contribution in [0.4, 0.5) is 45.2 Å². The Bertz CT molecular complexity index is 947. The number of benzene rings is 1. The molecule has 0 saturated heterocycles. The first-order chi connectivity index (χ1) is 13.7. The molecule has 0 aliphatic heterocycles. The minimum absolute atomic E-state index is 0.517. The summed E-state index contributed by atoms with van der Waals surface area (Å²) in [5, 5.41) is 12.1. The lowest BCUT2D eigenvalue weighted by Gasteiger charge is -2.35. The van der Waals surface area contributed by atoms with E-state index in [1.807, 2.05) is 0 Å².